The molecular weight excluding hydrogens is 304 g/mol. The van der Waals surface area contributed by atoms with Gasteiger partial charge in [-0.05, 0) is 30.2 Å². The molecule has 2 aromatic carbocycles. The molecule has 6 heteroatoms. The van der Waals surface area contributed by atoms with E-state index in [4.69, 9.17) is 23.2 Å². The first-order valence-electron chi connectivity index (χ1n) is 5.79. The quantitative estimate of drug-likeness (QED) is 0.457. The van der Waals surface area contributed by atoms with Crippen LogP contribution in [0.4, 0.5) is 10.1 Å². The second kappa shape index (κ2) is 6.20. The molecule has 0 aliphatic rings. The van der Waals surface area contributed by atoms with Crippen LogP contribution in [-0.2, 0) is 6.42 Å². The Morgan fingerprint density at radius 1 is 1.20 bits per heavy atom. The van der Waals surface area contributed by atoms with Crippen LogP contribution in [0.1, 0.15) is 16.5 Å². The minimum atomic E-state index is -0.588. The molecule has 0 amide bonds. The number of non-ortho nitro benzene ring substituents is 1. The first-order valence-corrected chi connectivity index (χ1v) is 6.61. The monoisotopic (exact) mass is 313 g/mol. The van der Waals surface area contributed by atoms with Crippen LogP contribution in [-0.4, -0.2) is 4.92 Å². The number of nitro benzene ring substituents is 1. The summed E-state index contributed by atoms with van der Waals surface area (Å²) in [6.07, 6.45) is 0.358. The zero-order chi connectivity index (χ0) is 14.7. The van der Waals surface area contributed by atoms with Crippen LogP contribution in [0.5, 0.6) is 0 Å². The van der Waals surface area contributed by atoms with Crippen LogP contribution in [0.2, 0.25) is 5.02 Å². The first-order chi connectivity index (χ1) is 9.47. The molecule has 0 aliphatic heterocycles. The number of rotatable bonds is 4. The van der Waals surface area contributed by atoms with E-state index in [1.54, 1.807) is 12.1 Å². The molecule has 0 N–H and O–H groups in total. The number of hydrogen-bond donors (Lipinski definition) is 0. The van der Waals surface area contributed by atoms with Gasteiger partial charge in [-0.2, -0.15) is 0 Å². The van der Waals surface area contributed by atoms with Gasteiger partial charge in [-0.1, -0.05) is 23.7 Å². The fourth-order valence-corrected chi connectivity index (χ4v) is 2.35. The lowest BCUT2D eigenvalue weighted by Gasteiger charge is -2.11. The second-order valence-electron chi connectivity index (χ2n) is 4.26. The number of hydrogen-bond acceptors (Lipinski definition) is 2. The highest BCUT2D eigenvalue weighted by molar-refractivity contribution is 6.30. The maximum absolute atomic E-state index is 13.7. The third-order valence-electron chi connectivity index (χ3n) is 2.86. The van der Waals surface area contributed by atoms with Crippen LogP contribution in [0, 0.1) is 15.9 Å². The minimum absolute atomic E-state index is 0.00816. The number of alkyl halides is 1. The fourth-order valence-electron chi connectivity index (χ4n) is 1.83. The number of halogens is 3. The molecule has 2 aromatic rings. The van der Waals surface area contributed by atoms with Gasteiger partial charge in [0.15, 0.2) is 0 Å². The van der Waals surface area contributed by atoms with E-state index in [1.165, 1.54) is 30.3 Å². The normalized spacial score (nSPS) is 12.2. The molecule has 0 aliphatic carbocycles. The van der Waals surface area contributed by atoms with Crippen molar-refractivity contribution in [3.8, 4) is 0 Å². The molecule has 0 aromatic heterocycles. The molecule has 3 nitrogen and oxygen atoms in total. The van der Waals surface area contributed by atoms with Gasteiger partial charge in [0.25, 0.3) is 5.69 Å². The maximum atomic E-state index is 13.7. The third-order valence-corrected chi connectivity index (χ3v) is 3.48. The smallest absolute Gasteiger partial charge is 0.258 e. The zero-order valence-electron chi connectivity index (χ0n) is 10.2. The van der Waals surface area contributed by atoms with Crippen molar-refractivity contribution in [1.82, 2.24) is 0 Å². The van der Waals surface area contributed by atoms with Gasteiger partial charge in [0, 0.05) is 22.7 Å². The highest BCUT2D eigenvalue weighted by Crippen LogP contribution is 2.29. The summed E-state index contributed by atoms with van der Waals surface area (Å²) in [6.45, 7) is 0. The summed E-state index contributed by atoms with van der Waals surface area (Å²) in [4.78, 5) is 10.1. The number of nitrogens with zero attached hydrogens (tertiary/aromatic N) is 1. The Labute approximate surface area is 125 Å². The highest BCUT2D eigenvalue weighted by atomic mass is 35.5. The van der Waals surface area contributed by atoms with E-state index < -0.39 is 16.1 Å². The summed E-state index contributed by atoms with van der Waals surface area (Å²) in [5.74, 6) is -0.420. The van der Waals surface area contributed by atoms with E-state index in [-0.39, 0.29) is 5.69 Å². The Morgan fingerprint density at radius 2 is 1.85 bits per heavy atom. The lowest BCUT2D eigenvalue weighted by molar-refractivity contribution is -0.384. The average Bonchev–Trinajstić information content (AvgIpc) is 2.42. The van der Waals surface area contributed by atoms with Crippen LogP contribution >= 0.6 is 23.2 Å². The predicted octanol–water partition coefficient (Wildman–Crippen LogP) is 4.91. The average molecular weight is 314 g/mol. The molecular formula is C14H10Cl2FNO2. The highest BCUT2D eigenvalue weighted by Gasteiger charge is 2.15. The Hall–Kier alpha value is -1.65. The Morgan fingerprint density at radius 3 is 2.45 bits per heavy atom. The van der Waals surface area contributed by atoms with Gasteiger partial charge in [-0.3, -0.25) is 10.1 Å². The molecule has 1 atom stereocenters. The number of benzene rings is 2. The largest absolute Gasteiger partial charge is 0.269 e. The van der Waals surface area contributed by atoms with Gasteiger partial charge in [0.1, 0.15) is 5.82 Å². The lowest BCUT2D eigenvalue weighted by atomic mass is 10.0. The van der Waals surface area contributed by atoms with Crippen molar-refractivity contribution >= 4 is 28.9 Å². The molecule has 1 unspecified atom stereocenters. The van der Waals surface area contributed by atoms with Crippen molar-refractivity contribution in [2.24, 2.45) is 0 Å². The van der Waals surface area contributed by atoms with Crippen molar-refractivity contribution < 1.29 is 9.31 Å². The Bertz CT molecular complexity index is 632. The molecule has 0 spiro atoms. The van der Waals surface area contributed by atoms with Gasteiger partial charge >= 0.3 is 0 Å². The number of nitro groups is 1. The molecule has 20 heavy (non-hydrogen) atoms. The van der Waals surface area contributed by atoms with Crippen molar-refractivity contribution in [3.05, 3.63) is 74.5 Å². The lowest BCUT2D eigenvalue weighted by Crippen LogP contribution is -1.99. The van der Waals surface area contributed by atoms with Crippen LogP contribution in [0.3, 0.4) is 0 Å². The van der Waals surface area contributed by atoms with Crippen molar-refractivity contribution in [1.29, 1.82) is 0 Å². The van der Waals surface area contributed by atoms with Gasteiger partial charge < -0.3 is 0 Å². The SMILES string of the molecule is O=[N+]([O-])c1ccc(CC(Cl)c2cc(Cl)ccc2F)cc1. The Kier molecular flexibility index (Phi) is 4.57. The summed E-state index contributed by atoms with van der Waals surface area (Å²) < 4.78 is 13.7. The van der Waals surface area contributed by atoms with E-state index in [1.807, 2.05) is 0 Å². The van der Waals surface area contributed by atoms with E-state index in [2.05, 4.69) is 0 Å². The summed E-state index contributed by atoms with van der Waals surface area (Å²) in [5, 5.41) is 10.4. The summed E-state index contributed by atoms with van der Waals surface area (Å²) in [7, 11) is 0. The standard InChI is InChI=1S/C14H10Cl2FNO2/c15-10-3-6-14(17)12(8-10)13(16)7-9-1-4-11(5-2-9)18(19)20/h1-6,8,13H,7H2. The fraction of sp³-hybridized carbons (Fsp3) is 0.143. The van der Waals surface area contributed by atoms with Crippen molar-refractivity contribution in [2.45, 2.75) is 11.8 Å². The second-order valence-corrected chi connectivity index (χ2v) is 5.22. The van der Waals surface area contributed by atoms with E-state index >= 15 is 0 Å². The topological polar surface area (TPSA) is 43.1 Å². The van der Waals surface area contributed by atoms with Crippen molar-refractivity contribution in [3.63, 3.8) is 0 Å². The Balaban J connectivity index is 2.16. The maximum Gasteiger partial charge on any atom is 0.269 e. The molecule has 0 saturated carbocycles. The van der Waals surface area contributed by atoms with E-state index in [0.717, 1.165) is 5.56 Å². The molecule has 104 valence electrons. The molecule has 0 heterocycles. The summed E-state index contributed by atoms with van der Waals surface area (Å²) in [6, 6.07) is 10.2. The molecule has 2 rings (SSSR count). The zero-order valence-corrected chi connectivity index (χ0v) is 11.7. The molecule has 0 radical (unpaired) electrons. The first kappa shape index (κ1) is 14.8. The predicted molar refractivity (Wildman–Crippen MR) is 76.8 cm³/mol. The van der Waals surface area contributed by atoms with Gasteiger partial charge in [-0.15, -0.1) is 11.6 Å². The summed E-state index contributed by atoms with van der Waals surface area (Å²) >= 11 is 12.0. The van der Waals surface area contributed by atoms with Crippen LogP contribution < -0.4 is 0 Å². The summed E-state index contributed by atoms with van der Waals surface area (Å²) in [5.41, 5.74) is 1.11. The molecule has 0 saturated heterocycles. The molecule has 0 fully saturated rings. The van der Waals surface area contributed by atoms with Gasteiger partial charge in [0.2, 0.25) is 0 Å². The van der Waals surface area contributed by atoms with Gasteiger partial charge in [0.05, 0.1) is 10.3 Å². The van der Waals surface area contributed by atoms with E-state index in [9.17, 15) is 14.5 Å². The van der Waals surface area contributed by atoms with Crippen molar-refractivity contribution in [2.75, 3.05) is 0 Å². The van der Waals surface area contributed by atoms with E-state index in [0.29, 0.717) is 17.0 Å². The molecule has 0 bridgehead atoms. The van der Waals surface area contributed by atoms with Crippen LogP contribution in [0.15, 0.2) is 42.5 Å². The minimum Gasteiger partial charge on any atom is -0.258 e. The van der Waals surface area contributed by atoms with Crippen LogP contribution in [0.25, 0.3) is 0 Å². The van der Waals surface area contributed by atoms with Gasteiger partial charge in [-0.25, -0.2) is 4.39 Å². The third kappa shape index (κ3) is 3.46.